The number of nitrogen functional groups attached to an aromatic ring is 1. The van der Waals surface area contributed by atoms with Gasteiger partial charge in [0.1, 0.15) is 28.5 Å². The van der Waals surface area contributed by atoms with Gasteiger partial charge >= 0.3 is 5.88 Å². The maximum Gasteiger partial charge on any atom is 0.320 e. The second-order valence-electron chi connectivity index (χ2n) is 6.04. The van der Waals surface area contributed by atoms with Crippen LogP contribution in [0.25, 0.3) is 10.4 Å². The number of rotatable bonds is 6. The lowest BCUT2D eigenvalue weighted by Crippen LogP contribution is -2.36. The summed E-state index contributed by atoms with van der Waals surface area (Å²) in [5.41, 5.74) is 6.71. The van der Waals surface area contributed by atoms with Crippen molar-refractivity contribution in [3.63, 3.8) is 0 Å². The van der Waals surface area contributed by atoms with Gasteiger partial charge in [-0.3, -0.25) is 4.52 Å². The summed E-state index contributed by atoms with van der Waals surface area (Å²) in [6.45, 7) is 3.83. The van der Waals surface area contributed by atoms with E-state index >= 15 is 0 Å². The first-order chi connectivity index (χ1) is 13.9. The Morgan fingerprint density at radius 2 is 2.17 bits per heavy atom. The summed E-state index contributed by atoms with van der Waals surface area (Å²) in [4.78, 5) is 8.74. The Balaban J connectivity index is 1.90. The minimum absolute atomic E-state index is 0.00926. The third-order valence-corrected chi connectivity index (χ3v) is 5.60. The number of thioether (sulfide) groups is 1. The molecule has 0 amide bonds. The number of hydrogen-bond donors (Lipinski definition) is 1. The minimum Gasteiger partial charge on any atom is -0.861 e. The van der Waals surface area contributed by atoms with E-state index in [4.69, 9.17) is 10.3 Å². The van der Waals surface area contributed by atoms with E-state index in [9.17, 15) is 15.6 Å². The molecule has 0 aliphatic heterocycles. The van der Waals surface area contributed by atoms with Gasteiger partial charge in [0.2, 0.25) is 5.27 Å². The molecule has 0 atom stereocenters. The maximum atomic E-state index is 12.2. The average Bonchev–Trinajstić information content (AvgIpc) is 3.37. The van der Waals surface area contributed by atoms with Gasteiger partial charge in [-0.05, 0) is 35.9 Å². The molecule has 3 aromatic heterocycles. The fourth-order valence-electron chi connectivity index (χ4n) is 2.40. The first kappa shape index (κ1) is 20.3. The number of nitrogens with zero attached hydrogens (tertiary/aromatic N) is 6. The van der Waals surface area contributed by atoms with Gasteiger partial charge < -0.3 is 10.8 Å². The maximum absolute atomic E-state index is 12.2. The number of nitrogens with two attached hydrogens (primary N) is 1. The van der Waals surface area contributed by atoms with Gasteiger partial charge in [0, 0.05) is 16.2 Å². The Morgan fingerprint density at radius 1 is 1.41 bits per heavy atom. The average molecular weight is 425 g/mol. The van der Waals surface area contributed by atoms with E-state index in [1.54, 1.807) is 10.7 Å². The third kappa shape index (κ3) is 4.37. The largest absolute Gasteiger partial charge is 0.861 e. The van der Waals surface area contributed by atoms with Gasteiger partial charge in [-0.25, -0.2) is 9.98 Å². The molecule has 0 unspecified atom stereocenters. The summed E-state index contributed by atoms with van der Waals surface area (Å²) in [6, 6.07) is 7.79. The van der Waals surface area contributed by atoms with E-state index in [2.05, 4.69) is 21.3 Å². The van der Waals surface area contributed by atoms with Crippen LogP contribution in [-0.2, 0) is 0 Å². The van der Waals surface area contributed by atoms with Crippen molar-refractivity contribution in [2.45, 2.75) is 24.9 Å². The van der Waals surface area contributed by atoms with Crippen LogP contribution in [0.5, 0.6) is 0 Å². The zero-order valence-corrected chi connectivity index (χ0v) is 17.1. The van der Waals surface area contributed by atoms with E-state index in [1.165, 1.54) is 17.5 Å². The van der Waals surface area contributed by atoms with Crippen LogP contribution in [0, 0.1) is 22.7 Å². The summed E-state index contributed by atoms with van der Waals surface area (Å²) in [7, 11) is 0. The van der Waals surface area contributed by atoms with Crippen molar-refractivity contribution in [1.82, 2.24) is 10.3 Å². The Kier molecular flexibility index (Phi) is 6.12. The first-order valence-electron chi connectivity index (χ1n) is 8.37. The fourth-order valence-corrected chi connectivity index (χ4v) is 3.96. The predicted molar refractivity (Wildman–Crippen MR) is 106 cm³/mol. The number of pyridine rings is 1. The fraction of sp³-hybridized carbons (Fsp3) is 0.222. The molecule has 0 saturated carbocycles. The number of thiophene rings is 1. The molecule has 0 aromatic carbocycles. The second-order valence-corrected chi connectivity index (χ2v) is 7.95. The molecule has 0 saturated heterocycles. The van der Waals surface area contributed by atoms with Crippen LogP contribution in [0.2, 0.25) is 0 Å². The first-order valence-corrected chi connectivity index (χ1v) is 10.2. The van der Waals surface area contributed by atoms with Crippen LogP contribution in [-0.4, -0.2) is 21.9 Å². The second kappa shape index (κ2) is 8.73. The summed E-state index contributed by atoms with van der Waals surface area (Å²) in [6.07, 6.45) is 1.53. The van der Waals surface area contributed by atoms with Crippen molar-refractivity contribution in [3.05, 3.63) is 34.8 Å². The summed E-state index contributed by atoms with van der Waals surface area (Å²) < 4.78 is 6.55. The van der Waals surface area contributed by atoms with Crippen molar-refractivity contribution >= 4 is 40.7 Å². The highest BCUT2D eigenvalue weighted by atomic mass is 32.2. The summed E-state index contributed by atoms with van der Waals surface area (Å²) >= 11 is 2.41. The summed E-state index contributed by atoms with van der Waals surface area (Å²) in [5, 5.41) is 37.2. The highest BCUT2D eigenvalue weighted by Gasteiger charge is 2.21. The molecule has 146 valence electrons. The molecule has 0 fully saturated rings. The monoisotopic (exact) mass is 425 g/mol. The molecule has 3 heterocycles. The number of nitriles is 2. The van der Waals surface area contributed by atoms with Gasteiger partial charge in [-0.1, -0.05) is 17.8 Å². The molecule has 0 spiro atoms. The molecule has 3 aromatic rings. The highest BCUT2D eigenvalue weighted by molar-refractivity contribution is 8.00. The van der Waals surface area contributed by atoms with Crippen LogP contribution in [0.3, 0.4) is 0 Å². The number of hydrogen-bond acceptors (Lipinski definition) is 10. The van der Waals surface area contributed by atoms with Crippen molar-refractivity contribution in [3.8, 4) is 22.6 Å². The number of anilines is 1. The number of aromatic nitrogens is 3. The smallest absolute Gasteiger partial charge is 0.320 e. The van der Waals surface area contributed by atoms with Crippen LogP contribution >= 0.6 is 23.1 Å². The molecule has 0 bridgehead atoms. The summed E-state index contributed by atoms with van der Waals surface area (Å²) in [5.74, 6) is -0.459. The van der Waals surface area contributed by atoms with Crippen LogP contribution < -0.4 is 15.5 Å². The van der Waals surface area contributed by atoms with Crippen LogP contribution in [0.1, 0.15) is 31.0 Å². The standard InChI is InChI=1S/C18H15N7O2S2/c1-10(2)25-8-15(27-24-25)22-14(26)9-29-18-12(7-20)16(13-4-3-5-28-13)11(6-19)17(21)23-18/h3-5,8,10H,9H2,1-2H3,(H2-,21,22,23,24,26). The van der Waals surface area contributed by atoms with Gasteiger partial charge in [0.05, 0.1) is 5.56 Å². The van der Waals surface area contributed by atoms with Gasteiger partial charge in [0.15, 0.2) is 6.04 Å². The lowest BCUT2D eigenvalue weighted by atomic mass is 10.0. The molecule has 29 heavy (non-hydrogen) atoms. The Hall–Kier alpha value is -3.41. The molecule has 2 N–H and O–H groups in total. The third-order valence-electron chi connectivity index (χ3n) is 3.75. The zero-order chi connectivity index (χ0) is 21.0. The molecule has 9 nitrogen and oxygen atoms in total. The van der Waals surface area contributed by atoms with E-state index < -0.39 is 5.90 Å². The molecule has 11 heteroatoms. The van der Waals surface area contributed by atoms with Crippen molar-refractivity contribution in [1.29, 1.82) is 10.5 Å². The zero-order valence-electron chi connectivity index (χ0n) is 15.5. The predicted octanol–water partition coefficient (Wildman–Crippen LogP) is 2.17. The van der Waals surface area contributed by atoms with E-state index in [0.29, 0.717) is 5.56 Å². The van der Waals surface area contributed by atoms with Crippen molar-refractivity contribution in [2.75, 3.05) is 11.5 Å². The normalized spacial score (nSPS) is 11.4. The lowest BCUT2D eigenvalue weighted by molar-refractivity contribution is -0.779. The van der Waals surface area contributed by atoms with E-state index in [-0.39, 0.29) is 39.6 Å². The highest BCUT2D eigenvalue weighted by Crippen LogP contribution is 2.37. The van der Waals surface area contributed by atoms with Crippen molar-refractivity contribution < 1.29 is 14.3 Å². The topological polar surface area (TPSA) is 152 Å². The van der Waals surface area contributed by atoms with Crippen LogP contribution in [0.15, 0.2) is 38.3 Å². The molecule has 0 radical (unpaired) electrons. The molecule has 0 aliphatic rings. The van der Waals surface area contributed by atoms with Crippen molar-refractivity contribution in [2.24, 2.45) is 4.99 Å². The van der Waals surface area contributed by atoms with Crippen LogP contribution in [0.4, 0.5) is 11.7 Å². The Bertz CT molecular complexity index is 1140. The molecular weight excluding hydrogens is 410 g/mol. The molecule has 3 rings (SSSR count). The Morgan fingerprint density at radius 3 is 2.76 bits per heavy atom. The molecule has 0 aliphatic carbocycles. The molecular formula is C18H15N7O2S2. The quantitative estimate of drug-likeness (QED) is 0.273. The minimum atomic E-state index is -0.478. The lowest BCUT2D eigenvalue weighted by Gasteiger charge is -2.13. The van der Waals surface area contributed by atoms with E-state index in [1.807, 2.05) is 31.4 Å². The van der Waals surface area contributed by atoms with Gasteiger partial charge in [-0.2, -0.15) is 10.5 Å². The van der Waals surface area contributed by atoms with E-state index in [0.717, 1.165) is 16.6 Å². The van der Waals surface area contributed by atoms with Gasteiger partial charge in [-0.15, -0.1) is 11.3 Å². The SMILES string of the molecule is CC(C)[n+]1cc(/N=C(/[O-])CSc2nc(N)c(C#N)c(-c3cccs3)c2C#N)on1. The Labute approximate surface area is 174 Å². The number of aliphatic imine (C=N–C) groups is 1. The van der Waals surface area contributed by atoms with Gasteiger partial charge in [0.25, 0.3) is 6.20 Å².